The molecule has 0 aliphatic heterocycles. The highest BCUT2D eigenvalue weighted by molar-refractivity contribution is 7.92. The summed E-state index contributed by atoms with van der Waals surface area (Å²) >= 11 is 0. The van der Waals surface area contributed by atoms with Gasteiger partial charge in [-0.3, -0.25) is 0 Å². The van der Waals surface area contributed by atoms with Crippen molar-refractivity contribution in [1.82, 2.24) is 0 Å². The maximum Gasteiger partial charge on any atom is 0.181 e. The van der Waals surface area contributed by atoms with E-state index < -0.39 is 9.84 Å². The smallest absolute Gasteiger partial charge is 0.181 e. The minimum absolute atomic E-state index is 0.323. The highest BCUT2D eigenvalue weighted by Crippen LogP contribution is 2.29. The van der Waals surface area contributed by atoms with E-state index in [1.807, 2.05) is 19.9 Å². The van der Waals surface area contributed by atoms with E-state index >= 15 is 0 Å². The lowest BCUT2D eigenvalue weighted by atomic mass is 9.97. The molecular weight excluding hydrogens is 248 g/mol. The highest BCUT2D eigenvalue weighted by atomic mass is 32.2. The Hall–Kier alpha value is -0.870. The van der Waals surface area contributed by atoms with Gasteiger partial charge in [-0.15, -0.1) is 0 Å². The van der Waals surface area contributed by atoms with Crippen LogP contribution in [0.4, 0.5) is 0 Å². The lowest BCUT2D eigenvalue weighted by Gasteiger charge is -2.25. The summed E-state index contributed by atoms with van der Waals surface area (Å²) in [5.74, 6) is 0. The molecule has 1 saturated carbocycles. The molecule has 1 fully saturated rings. The Bertz CT molecular complexity index is 526. The Labute approximate surface area is 109 Å². The second-order valence-electron chi connectivity index (χ2n) is 5.22. The van der Waals surface area contributed by atoms with Crippen molar-refractivity contribution in [2.45, 2.75) is 55.8 Å². The summed E-state index contributed by atoms with van der Waals surface area (Å²) in [5, 5.41) is 9.12. The summed E-state index contributed by atoms with van der Waals surface area (Å²) in [7, 11) is -3.24. The van der Waals surface area contributed by atoms with Crippen LogP contribution in [-0.2, 0) is 9.84 Å². The molecule has 100 valence electrons. The van der Waals surface area contributed by atoms with Crippen molar-refractivity contribution < 1.29 is 13.5 Å². The standard InChI is InChI=1S/C14H20O3S/c1-10-3-6-14(9-11(10)2)18(16,17)13-7-4-12(15)5-8-13/h3,6,9,12-13,15H,4-5,7-8H2,1-2H3. The number of hydrogen-bond donors (Lipinski definition) is 1. The zero-order valence-corrected chi connectivity index (χ0v) is 11.7. The Kier molecular flexibility index (Phi) is 3.78. The second kappa shape index (κ2) is 5.02. The maximum atomic E-state index is 12.5. The first kappa shape index (κ1) is 13.6. The summed E-state index contributed by atoms with van der Waals surface area (Å²) in [4.78, 5) is 0.423. The van der Waals surface area contributed by atoms with Crippen LogP contribution in [0.25, 0.3) is 0 Å². The van der Waals surface area contributed by atoms with Gasteiger partial charge >= 0.3 is 0 Å². The number of rotatable bonds is 2. The van der Waals surface area contributed by atoms with Gasteiger partial charge in [-0.1, -0.05) is 6.07 Å². The quantitative estimate of drug-likeness (QED) is 0.896. The summed E-state index contributed by atoms with van der Waals surface area (Å²) in [5.41, 5.74) is 2.11. The predicted octanol–water partition coefficient (Wildman–Crippen LogP) is 2.38. The van der Waals surface area contributed by atoms with Crippen LogP contribution in [0.2, 0.25) is 0 Å². The summed E-state index contributed by atoms with van der Waals surface area (Å²) in [6.07, 6.45) is 1.99. The zero-order chi connectivity index (χ0) is 13.3. The van der Waals surface area contributed by atoms with Gasteiger partial charge < -0.3 is 5.11 Å². The van der Waals surface area contributed by atoms with Gasteiger partial charge in [-0.05, 0) is 62.8 Å². The summed E-state index contributed by atoms with van der Waals surface area (Å²) in [6, 6.07) is 5.32. The summed E-state index contributed by atoms with van der Waals surface area (Å²) in [6.45, 7) is 3.90. The number of aliphatic hydroxyl groups excluding tert-OH is 1. The Balaban J connectivity index is 2.27. The molecule has 1 N–H and O–H groups in total. The van der Waals surface area contributed by atoms with Gasteiger partial charge in [-0.25, -0.2) is 8.42 Å². The number of aryl methyl sites for hydroxylation is 2. The summed E-state index contributed by atoms with van der Waals surface area (Å²) < 4.78 is 25.0. The molecular formula is C14H20O3S. The van der Waals surface area contributed by atoms with Gasteiger partial charge in [0.25, 0.3) is 0 Å². The van der Waals surface area contributed by atoms with Crippen LogP contribution in [0.15, 0.2) is 23.1 Å². The Morgan fingerprint density at radius 3 is 2.22 bits per heavy atom. The Morgan fingerprint density at radius 1 is 1.06 bits per heavy atom. The van der Waals surface area contributed by atoms with Gasteiger partial charge in [0, 0.05) is 0 Å². The van der Waals surface area contributed by atoms with E-state index in [1.165, 1.54) is 0 Å². The minimum Gasteiger partial charge on any atom is -0.393 e. The van der Waals surface area contributed by atoms with Crippen LogP contribution >= 0.6 is 0 Å². The van der Waals surface area contributed by atoms with Crippen molar-refractivity contribution in [2.24, 2.45) is 0 Å². The lowest BCUT2D eigenvalue weighted by Crippen LogP contribution is -2.29. The molecule has 0 spiro atoms. The monoisotopic (exact) mass is 268 g/mol. The van der Waals surface area contributed by atoms with Gasteiger partial charge in [-0.2, -0.15) is 0 Å². The first-order valence-electron chi connectivity index (χ1n) is 6.40. The average molecular weight is 268 g/mol. The largest absolute Gasteiger partial charge is 0.393 e. The predicted molar refractivity (Wildman–Crippen MR) is 71.4 cm³/mol. The molecule has 0 atom stereocenters. The van der Waals surface area contributed by atoms with Crippen LogP contribution < -0.4 is 0 Å². The first-order valence-corrected chi connectivity index (χ1v) is 7.95. The fourth-order valence-electron chi connectivity index (χ4n) is 2.44. The van der Waals surface area contributed by atoms with Crippen molar-refractivity contribution in [3.8, 4) is 0 Å². The van der Waals surface area contributed by atoms with Crippen LogP contribution in [0, 0.1) is 13.8 Å². The molecule has 0 bridgehead atoms. The van der Waals surface area contributed by atoms with Crippen molar-refractivity contribution in [3.63, 3.8) is 0 Å². The van der Waals surface area contributed by atoms with Crippen molar-refractivity contribution in [1.29, 1.82) is 0 Å². The second-order valence-corrected chi connectivity index (χ2v) is 7.45. The molecule has 0 amide bonds. The van der Waals surface area contributed by atoms with Gasteiger partial charge in [0.2, 0.25) is 0 Å². The molecule has 1 aliphatic carbocycles. The normalized spacial score (nSPS) is 25.1. The lowest BCUT2D eigenvalue weighted by molar-refractivity contribution is 0.131. The molecule has 1 aliphatic rings. The van der Waals surface area contributed by atoms with E-state index in [-0.39, 0.29) is 11.4 Å². The molecule has 0 heterocycles. The molecule has 2 rings (SSSR count). The number of benzene rings is 1. The molecule has 4 heteroatoms. The van der Waals surface area contributed by atoms with Crippen molar-refractivity contribution in [3.05, 3.63) is 29.3 Å². The Morgan fingerprint density at radius 2 is 1.67 bits per heavy atom. The molecule has 1 aromatic carbocycles. The molecule has 0 radical (unpaired) electrons. The van der Waals surface area contributed by atoms with Crippen molar-refractivity contribution >= 4 is 9.84 Å². The number of hydrogen-bond acceptors (Lipinski definition) is 3. The molecule has 0 unspecified atom stereocenters. The van der Waals surface area contributed by atoms with Gasteiger partial charge in [0.15, 0.2) is 9.84 Å². The molecule has 18 heavy (non-hydrogen) atoms. The molecule has 1 aromatic rings. The highest BCUT2D eigenvalue weighted by Gasteiger charge is 2.31. The molecule has 0 aromatic heterocycles. The van der Waals surface area contributed by atoms with E-state index in [0.29, 0.717) is 30.6 Å². The SMILES string of the molecule is Cc1ccc(S(=O)(=O)C2CCC(O)CC2)cc1C. The van der Waals surface area contributed by atoms with E-state index in [0.717, 1.165) is 11.1 Å². The third-order valence-corrected chi connectivity index (χ3v) is 6.15. The number of aliphatic hydroxyl groups is 1. The fourth-order valence-corrected chi connectivity index (χ4v) is 4.32. The fraction of sp³-hybridized carbons (Fsp3) is 0.571. The van der Waals surface area contributed by atoms with Gasteiger partial charge in [0.1, 0.15) is 0 Å². The van der Waals surface area contributed by atoms with E-state index in [1.54, 1.807) is 12.1 Å². The van der Waals surface area contributed by atoms with Crippen LogP contribution in [0.3, 0.4) is 0 Å². The topological polar surface area (TPSA) is 54.4 Å². The zero-order valence-electron chi connectivity index (χ0n) is 10.9. The van der Waals surface area contributed by atoms with Crippen LogP contribution in [0.1, 0.15) is 36.8 Å². The third kappa shape index (κ3) is 2.59. The van der Waals surface area contributed by atoms with Gasteiger partial charge in [0.05, 0.1) is 16.2 Å². The first-order chi connectivity index (χ1) is 8.41. The number of sulfone groups is 1. The van der Waals surface area contributed by atoms with E-state index in [9.17, 15) is 13.5 Å². The van der Waals surface area contributed by atoms with E-state index in [2.05, 4.69) is 0 Å². The van der Waals surface area contributed by atoms with Crippen LogP contribution in [0.5, 0.6) is 0 Å². The molecule has 3 nitrogen and oxygen atoms in total. The van der Waals surface area contributed by atoms with Crippen molar-refractivity contribution in [2.75, 3.05) is 0 Å². The maximum absolute atomic E-state index is 12.5. The molecule has 0 saturated heterocycles. The average Bonchev–Trinajstić information content (AvgIpc) is 2.33. The minimum atomic E-state index is -3.24. The van der Waals surface area contributed by atoms with Crippen LogP contribution in [-0.4, -0.2) is 24.9 Å². The third-order valence-electron chi connectivity index (χ3n) is 3.89. The van der Waals surface area contributed by atoms with E-state index in [4.69, 9.17) is 0 Å².